The van der Waals surface area contributed by atoms with Crippen LogP contribution in [0.5, 0.6) is 5.75 Å². The summed E-state index contributed by atoms with van der Waals surface area (Å²) in [6, 6.07) is 13.6. The van der Waals surface area contributed by atoms with Gasteiger partial charge in [-0.2, -0.15) is 5.10 Å². The molecule has 1 amide bonds. The molecule has 0 saturated heterocycles. The molecule has 0 bridgehead atoms. The fourth-order valence-corrected chi connectivity index (χ4v) is 4.14. The van der Waals surface area contributed by atoms with E-state index in [1.165, 1.54) is 12.1 Å². The summed E-state index contributed by atoms with van der Waals surface area (Å²) >= 11 is 0. The first-order valence-electron chi connectivity index (χ1n) is 10.8. The average molecular weight is 433 g/mol. The summed E-state index contributed by atoms with van der Waals surface area (Å²) in [6.07, 6.45) is 1.74. The second-order valence-corrected chi connectivity index (χ2v) is 8.02. The minimum atomic E-state index is -0.302. The maximum atomic E-state index is 13.3. The number of aromatic nitrogens is 1. The van der Waals surface area contributed by atoms with Gasteiger partial charge in [-0.05, 0) is 62.2 Å². The number of nitrogens with one attached hydrogen (secondary N) is 3. The van der Waals surface area contributed by atoms with Gasteiger partial charge in [-0.3, -0.25) is 10.2 Å². The van der Waals surface area contributed by atoms with Gasteiger partial charge in [-0.1, -0.05) is 0 Å². The molecule has 5 rings (SSSR count). The number of hydrogen-bond acceptors (Lipinski definition) is 6. The summed E-state index contributed by atoms with van der Waals surface area (Å²) in [4.78, 5) is 17.6. The molecule has 3 N–H and O–H groups in total. The van der Waals surface area contributed by atoms with Crippen LogP contribution in [0.2, 0.25) is 0 Å². The maximum absolute atomic E-state index is 13.3. The molecule has 0 unspecified atom stereocenters. The molecule has 0 spiro atoms. The Bertz CT molecular complexity index is 1190. The molecule has 7 nitrogen and oxygen atoms in total. The number of hydrogen-bond donors (Lipinski definition) is 3. The molecular formula is C24H24FN5O2. The molecule has 1 fully saturated rings. The maximum Gasteiger partial charge on any atom is 0.251 e. The first-order valence-corrected chi connectivity index (χ1v) is 10.8. The van der Waals surface area contributed by atoms with Gasteiger partial charge in [-0.15, -0.1) is 0 Å². The number of benzene rings is 2. The minimum Gasteiger partial charge on any atom is -0.493 e. The van der Waals surface area contributed by atoms with Crippen LogP contribution in [0.3, 0.4) is 0 Å². The third-order valence-electron chi connectivity index (χ3n) is 5.88. The lowest BCUT2D eigenvalue weighted by atomic mass is 9.79. The van der Waals surface area contributed by atoms with E-state index in [1.807, 2.05) is 19.1 Å². The smallest absolute Gasteiger partial charge is 0.251 e. The largest absolute Gasteiger partial charge is 0.493 e. The summed E-state index contributed by atoms with van der Waals surface area (Å²) in [5.41, 5.74) is 5.56. The summed E-state index contributed by atoms with van der Waals surface area (Å²) in [6.45, 7) is 3.08. The van der Waals surface area contributed by atoms with E-state index in [4.69, 9.17) is 9.72 Å². The number of hydrazone groups is 1. The van der Waals surface area contributed by atoms with Crippen molar-refractivity contribution in [3.8, 4) is 17.0 Å². The predicted molar refractivity (Wildman–Crippen MR) is 121 cm³/mol. The third-order valence-corrected chi connectivity index (χ3v) is 5.88. The number of amides is 1. The molecule has 164 valence electrons. The Morgan fingerprint density at radius 1 is 1.19 bits per heavy atom. The number of carbonyl (C=O) groups excluding carboxylic acids is 1. The van der Waals surface area contributed by atoms with Gasteiger partial charge in [0, 0.05) is 34.5 Å². The van der Waals surface area contributed by atoms with Gasteiger partial charge in [0.05, 0.1) is 17.8 Å². The zero-order valence-corrected chi connectivity index (χ0v) is 17.7. The van der Waals surface area contributed by atoms with Gasteiger partial charge < -0.3 is 15.4 Å². The Balaban J connectivity index is 1.38. The van der Waals surface area contributed by atoms with E-state index in [-0.39, 0.29) is 17.8 Å². The van der Waals surface area contributed by atoms with Crippen LogP contribution >= 0.6 is 0 Å². The fraction of sp³-hybridized carbons (Fsp3) is 0.292. The highest BCUT2D eigenvalue weighted by Gasteiger charge is 2.35. The summed E-state index contributed by atoms with van der Waals surface area (Å²) < 4.78 is 19.2. The van der Waals surface area contributed by atoms with Gasteiger partial charge in [-0.25, -0.2) is 9.37 Å². The zero-order chi connectivity index (χ0) is 22.1. The number of ether oxygens (including phenoxy) is 1. The molecule has 1 saturated carbocycles. The molecule has 0 radical (unpaired) electrons. The molecule has 1 aromatic heterocycles. The number of nitrogens with zero attached hydrogens (tertiary/aromatic N) is 2. The standard InChI is InChI=1S/C24H24FN5O2/c1-2-32-22-12-20(14-3-6-17(25)7-4-14)29-21-11-15(5-8-19(21)22)24(31)28-18-9-16(10-18)23-26-13-27-30-23/h3-8,11-12,16,18,27H,2,9-10,13H2,1H3,(H,26,30)(H,28,31). The van der Waals surface area contributed by atoms with E-state index in [2.05, 4.69) is 21.2 Å². The fourth-order valence-electron chi connectivity index (χ4n) is 4.14. The Labute approximate surface area is 185 Å². The molecule has 1 aliphatic heterocycles. The third kappa shape index (κ3) is 3.95. The number of amidine groups is 1. The lowest BCUT2D eigenvalue weighted by Gasteiger charge is -2.35. The number of carbonyl (C=O) groups is 1. The van der Waals surface area contributed by atoms with Crippen LogP contribution in [0.15, 0.2) is 53.6 Å². The molecule has 1 aliphatic carbocycles. The van der Waals surface area contributed by atoms with Crippen molar-refractivity contribution in [2.45, 2.75) is 25.8 Å². The second-order valence-electron chi connectivity index (χ2n) is 8.02. The van der Waals surface area contributed by atoms with Crippen LogP contribution in [0.25, 0.3) is 22.2 Å². The highest BCUT2D eigenvalue weighted by molar-refractivity contribution is 5.99. The van der Waals surface area contributed by atoms with Crippen LogP contribution in [0.1, 0.15) is 30.1 Å². The lowest BCUT2D eigenvalue weighted by molar-refractivity contribution is 0.0906. The quantitative estimate of drug-likeness (QED) is 0.555. The topological polar surface area (TPSA) is 87.6 Å². The Hall–Kier alpha value is -3.68. The first-order chi connectivity index (χ1) is 15.6. The lowest BCUT2D eigenvalue weighted by Crippen LogP contribution is -2.48. The highest BCUT2D eigenvalue weighted by Crippen LogP contribution is 2.32. The van der Waals surface area contributed by atoms with Crippen molar-refractivity contribution < 1.29 is 13.9 Å². The van der Waals surface area contributed by atoms with Crippen molar-refractivity contribution in [3.05, 3.63) is 59.9 Å². The molecular weight excluding hydrogens is 409 g/mol. The van der Waals surface area contributed by atoms with Crippen molar-refractivity contribution in [1.29, 1.82) is 0 Å². The van der Waals surface area contributed by atoms with E-state index < -0.39 is 0 Å². The van der Waals surface area contributed by atoms with E-state index >= 15 is 0 Å². The summed E-state index contributed by atoms with van der Waals surface area (Å²) in [7, 11) is 0. The van der Waals surface area contributed by atoms with Gasteiger partial charge in [0.1, 0.15) is 24.1 Å². The van der Waals surface area contributed by atoms with Crippen LogP contribution in [0, 0.1) is 11.7 Å². The van der Waals surface area contributed by atoms with Crippen LogP contribution in [-0.2, 0) is 0 Å². The monoisotopic (exact) mass is 433 g/mol. The number of rotatable bonds is 6. The first kappa shape index (κ1) is 20.2. The predicted octanol–water partition coefficient (Wildman–Crippen LogP) is 3.41. The van der Waals surface area contributed by atoms with E-state index in [1.54, 1.807) is 24.3 Å². The van der Waals surface area contributed by atoms with Gasteiger partial charge in [0.25, 0.3) is 5.91 Å². The molecule has 8 heteroatoms. The number of pyridine rings is 1. The second kappa shape index (κ2) is 8.45. The number of halogens is 1. The van der Waals surface area contributed by atoms with E-state index in [0.717, 1.165) is 29.6 Å². The molecule has 2 aromatic carbocycles. The normalized spacial score (nSPS) is 19.5. The van der Waals surface area contributed by atoms with Crippen molar-refractivity contribution in [1.82, 2.24) is 21.0 Å². The average Bonchev–Trinajstić information content (AvgIpc) is 3.30. The van der Waals surface area contributed by atoms with Crippen LogP contribution in [0.4, 0.5) is 4.39 Å². The summed E-state index contributed by atoms with van der Waals surface area (Å²) in [5, 5.41) is 11.4. The summed E-state index contributed by atoms with van der Waals surface area (Å²) in [5.74, 6) is 1.59. The van der Waals surface area contributed by atoms with Crippen molar-refractivity contribution in [2.75, 3.05) is 13.3 Å². The van der Waals surface area contributed by atoms with Crippen molar-refractivity contribution in [3.63, 3.8) is 0 Å². The molecule has 2 heterocycles. The van der Waals surface area contributed by atoms with Gasteiger partial charge in [0.2, 0.25) is 0 Å². The van der Waals surface area contributed by atoms with Crippen LogP contribution in [-0.4, -0.2) is 36.0 Å². The zero-order valence-electron chi connectivity index (χ0n) is 17.7. The number of fused-ring (bicyclic) bond motifs is 1. The van der Waals surface area contributed by atoms with Crippen molar-refractivity contribution in [2.24, 2.45) is 11.0 Å². The van der Waals surface area contributed by atoms with E-state index in [9.17, 15) is 9.18 Å². The minimum absolute atomic E-state index is 0.123. The molecule has 2 aliphatic rings. The van der Waals surface area contributed by atoms with E-state index in [0.29, 0.717) is 41.7 Å². The highest BCUT2D eigenvalue weighted by atomic mass is 19.1. The Kier molecular flexibility index (Phi) is 5.34. The molecule has 0 atom stereocenters. The van der Waals surface area contributed by atoms with Gasteiger partial charge >= 0.3 is 0 Å². The molecule has 32 heavy (non-hydrogen) atoms. The SMILES string of the molecule is CCOc1cc(-c2ccc(F)cc2)nc2cc(C(=O)NC3CC(C4=NNCN4)C3)ccc12. The van der Waals surface area contributed by atoms with Crippen LogP contribution < -0.4 is 20.8 Å². The Morgan fingerprint density at radius 2 is 2.00 bits per heavy atom. The molecule has 3 aromatic rings. The van der Waals surface area contributed by atoms with Gasteiger partial charge in [0.15, 0.2) is 0 Å². The Morgan fingerprint density at radius 3 is 2.72 bits per heavy atom. The van der Waals surface area contributed by atoms with Crippen molar-refractivity contribution >= 4 is 22.6 Å².